The van der Waals surface area contributed by atoms with Crippen molar-refractivity contribution in [1.82, 2.24) is 4.90 Å². The number of carbonyl (C=O) groups excluding carboxylic acids is 2. The molecule has 1 aliphatic heterocycles. The van der Waals surface area contributed by atoms with E-state index in [4.69, 9.17) is 4.74 Å². The van der Waals surface area contributed by atoms with E-state index in [1.807, 2.05) is 26.0 Å². The fraction of sp³-hybridized carbons (Fsp3) is 0.353. The molecule has 5 nitrogen and oxygen atoms in total. The maximum atomic E-state index is 13.2. The van der Waals surface area contributed by atoms with Crippen LogP contribution < -0.4 is 4.90 Å². The number of nitrogens with zero attached hydrogens (tertiary/aromatic N) is 2. The van der Waals surface area contributed by atoms with E-state index in [1.54, 1.807) is 4.90 Å². The minimum atomic E-state index is -1.58. The number of fused-ring (bicyclic) bond motifs is 3. The van der Waals surface area contributed by atoms with Crippen molar-refractivity contribution in [3.05, 3.63) is 87.5 Å². The third-order valence-corrected chi connectivity index (χ3v) is 9.01. The first-order chi connectivity index (χ1) is 19.1. The molecule has 3 aromatic carbocycles. The maximum absolute atomic E-state index is 13.2. The zero-order chi connectivity index (χ0) is 28.6. The topological polar surface area (TPSA) is 49.9 Å². The second-order valence-electron chi connectivity index (χ2n) is 11.9. The van der Waals surface area contributed by atoms with Crippen molar-refractivity contribution in [2.75, 3.05) is 37.7 Å². The van der Waals surface area contributed by atoms with E-state index in [1.165, 1.54) is 22.3 Å². The molecule has 40 heavy (non-hydrogen) atoms. The molecule has 6 heteroatoms. The monoisotopic (exact) mass is 550 g/mol. The summed E-state index contributed by atoms with van der Waals surface area (Å²) >= 11 is 0. The first-order valence-corrected chi connectivity index (χ1v) is 17.6. The van der Waals surface area contributed by atoms with Gasteiger partial charge in [0, 0.05) is 48.9 Å². The van der Waals surface area contributed by atoms with Gasteiger partial charge in [0.1, 0.15) is 14.7 Å². The molecule has 0 radical (unpaired) electrons. The number of anilines is 1. The van der Waals surface area contributed by atoms with Crippen LogP contribution in [0.2, 0.25) is 19.6 Å². The molecule has 1 fully saturated rings. The van der Waals surface area contributed by atoms with Gasteiger partial charge < -0.3 is 14.5 Å². The summed E-state index contributed by atoms with van der Waals surface area (Å²) in [5.74, 6) is 3.48. The number of amides is 1. The minimum Gasteiger partial charge on any atom is -0.448 e. The van der Waals surface area contributed by atoms with Gasteiger partial charge in [-0.1, -0.05) is 74.1 Å². The lowest BCUT2D eigenvalue weighted by Crippen LogP contribution is -2.49. The van der Waals surface area contributed by atoms with Crippen molar-refractivity contribution in [3.63, 3.8) is 0 Å². The van der Waals surface area contributed by atoms with Crippen LogP contribution in [0.5, 0.6) is 0 Å². The van der Waals surface area contributed by atoms with E-state index < -0.39 is 8.07 Å². The molecule has 0 spiro atoms. The fourth-order valence-electron chi connectivity index (χ4n) is 6.11. The molecular weight excluding hydrogens is 512 g/mol. The summed E-state index contributed by atoms with van der Waals surface area (Å²) in [6.07, 6.45) is 0.689. The normalized spacial score (nSPS) is 14.8. The van der Waals surface area contributed by atoms with Gasteiger partial charge in [0.15, 0.2) is 6.29 Å². The zero-order valence-electron chi connectivity index (χ0n) is 24.4. The van der Waals surface area contributed by atoms with Crippen molar-refractivity contribution in [3.8, 4) is 22.6 Å². The largest absolute Gasteiger partial charge is 0.448 e. The minimum absolute atomic E-state index is 0.0490. The van der Waals surface area contributed by atoms with Gasteiger partial charge in [-0.2, -0.15) is 0 Å². The number of benzene rings is 3. The third-order valence-electron chi connectivity index (χ3n) is 8.14. The van der Waals surface area contributed by atoms with Gasteiger partial charge in [0.25, 0.3) is 0 Å². The molecule has 0 atom stereocenters. The highest BCUT2D eigenvalue weighted by Gasteiger charge is 2.31. The van der Waals surface area contributed by atoms with E-state index in [2.05, 4.69) is 79.3 Å². The van der Waals surface area contributed by atoms with Crippen molar-refractivity contribution in [2.45, 2.75) is 46.3 Å². The fourth-order valence-corrected chi connectivity index (χ4v) is 6.61. The molecule has 0 unspecified atom stereocenters. The number of rotatable bonds is 4. The lowest BCUT2D eigenvalue weighted by molar-refractivity contribution is 0.0976. The van der Waals surface area contributed by atoms with Crippen LogP contribution in [-0.4, -0.2) is 58.1 Å². The summed E-state index contributed by atoms with van der Waals surface area (Å²) < 4.78 is 5.91. The van der Waals surface area contributed by atoms with E-state index in [0.717, 1.165) is 39.8 Å². The predicted octanol–water partition coefficient (Wildman–Crippen LogP) is 6.72. The number of piperazine rings is 1. The van der Waals surface area contributed by atoms with E-state index in [-0.39, 0.29) is 12.0 Å². The quantitative estimate of drug-likeness (QED) is 0.205. The molecule has 206 valence electrons. The Hall–Kier alpha value is -3.82. The lowest BCUT2D eigenvalue weighted by atomic mass is 9.91. The Labute approximate surface area is 239 Å². The average Bonchev–Trinajstić information content (AvgIpc) is 3.25. The molecule has 1 aliphatic carbocycles. The Morgan fingerprint density at radius 2 is 1.48 bits per heavy atom. The zero-order valence-corrected chi connectivity index (χ0v) is 25.4. The number of ether oxygens (including phenoxy) is 1. The highest BCUT2D eigenvalue weighted by molar-refractivity contribution is 6.83. The summed E-state index contributed by atoms with van der Waals surface area (Å²) in [6.45, 7) is 15.6. The Morgan fingerprint density at radius 1 is 0.900 bits per heavy atom. The molecular formula is C34H38N2O3Si. The number of hydrogen-bond acceptors (Lipinski definition) is 4. The molecule has 0 N–H and O–H groups in total. The van der Waals surface area contributed by atoms with Gasteiger partial charge >= 0.3 is 6.09 Å². The highest BCUT2D eigenvalue weighted by atomic mass is 28.3. The van der Waals surface area contributed by atoms with Gasteiger partial charge in [0.2, 0.25) is 0 Å². The molecule has 0 bridgehead atoms. The number of aldehydes is 1. The van der Waals surface area contributed by atoms with E-state index >= 15 is 0 Å². The molecule has 2 aliphatic rings. The molecule has 5 rings (SSSR count). The van der Waals surface area contributed by atoms with Gasteiger partial charge in [-0.25, -0.2) is 4.79 Å². The van der Waals surface area contributed by atoms with Crippen LogP contribution >= 0.6 is 0 Å². The van der Waals surface area contributed by atoms with Crippen LogP contribution in [0.1, 0.15) is 49.7 Å². The van der Waals surface area contributed by atoms with Gasteiger partial charge in [-0.15, -0.1) is 5.54 Å². The molecule has 3 aromatic rings. The predicted molar refractivity (Wildman–Crippen MR) is 165 cm³/mol. The van der Waals surface area contributed by atoms with Crippen LogP contribution in [-0.2, 0) is 4.74 Å². The lowest BCUT2D eigenvalue weighted by Gasteiger charge is -2.38. The van der Waals surface area contributed by atoms with Crippen molar-refractivity contribution < 1.29 is 14.3 Å². The molecule has 0 aromatic heterocycles. The summed E-state index contributed by atoms with van der Waals surface area (Å²) in [7, 11) is -1.58. The summed E-state index contributed by atoms with van der Waals surface area (Å²) in [4.78, 5) is 29.4. The van der Waals surface area contributed by atoms with E-state index in [9.17, 15) is 9.59 Å². The maximum Gasteiger partial charge on any atom is 0.409 e. The summed E-state index contributed by atoms with van der Waals surface area (Å²) in [6, 6.07) is 16.8. The van der Waals surface area contributed by atoms with Gasteiger partial charge in [-0.05, 0) is 59.7 Å². The smallest absolute Gasteiger partial charge is 0.409 e. The first-order valence-electron chi connectivity index (χ1n) is 14.1. The summed E-state index contributed by atoms with van der Waals surface area (Å²) in [5, 5.41) is 0. The Kier molecular flexibility index (Phi) is 7.61. The van der Waals surface area contributed by atoms with Crippen molar-refractivity contribution in [1.29, 1.82) is 0 Å². The van der Waals surface area contributed by atoms with Crippen molar-refractivity contribution in [2.24, 2.45) is 0 Å². The Bertz CT molecular complexity index is 1490. The highest BCUT2D eigenvalue weighted by Crippen LogP contribution is 2.44. The number of hydrogen-bond donors (Lipinski definition) is 0. The Balaban J connectivity index is 1.30. The molecule has 1 saturated heterocycles. The number of carbonyl (C=O) groups is 2. The molecule has 0 saturated carbocycles. The SMILES string of the molecule is Cc1c(C#C[Si](C)(C)C)c(C)c(N2CCN(C(=O)OCC3c4ccccc4-c4ccccc43)CC2)c(C)c1C=O. The standard InChI is InChI=1S/C34H38N2O3Si/c1-23-26(15-20-40(4,5)6)24(2)33(25(3)31(23)21-37)35-16-18-36(19-17-35)34(38)39-22-32-29-13-9-7-11-27(29)28-12-8-10-14-30(28)32/h7-14,21,32H,16-19,22H2,1-6H3. The van der Waals surface area contributed by atoms with Crippen LogP contribution in [0, 0.1) is 32.2 Å². The second-order valence-corrected chi connectivity index (χ2v) is 16.7. The third kappa shape index (κ3) is 5.19. The molecule has 1 heterocycles. The van der Waals surface area contributed by atoms with E-state index in [0.29, 0.717) is 32.8 Å². The average molecular weight is 551 g/mol. The van der Waals surface area contributed by atoms with Crippen LogP contribution in [0.3, 0.4) is 0 Å². The van der Waals surface area contributed by atoms with Crippen LogP contribution in [0.25, 0.3) is 11.1 Å². The Morgan fingerprint density at radius 3 is 2.02 bits per heavy atom. The van der Waals surface area contributed by atoms with Gasteiger partial charge in [-0.3, -0.25) is 4.79 Å². The summed E-state index contributed by atoms with van der Waals surface area (Å²) in [5.41, 5.74) is 14.2. The second kappa shape index (κ2) is 11.0. The van der Waals surface area contributed by atoms with Crippen molar-refractivity contribution >= 4 is 26.1 Å². The first kappa shape index (κ1) is 27.7. The van der Waals surface area contributed by atoms with Gasteiger partial charge in [0.05, 0.1) is 0 Å². The van der Waals surface area contributed by atoms with Crippen LogP contribution in [0.4, 0.5) is 10.5 Å². The van der Waals surface area contributed by atoms with Crippen LogP contribution in [0.15, 0.2) is 48.5 Å². The molecule has 1 amide bonds.